The molecule has 0 radical (unpaired) electrons. The summed E-state index contributed by atoms with van der Waals surface area (Å²) in [6.07, 6.45) is 0.153. The summed E-state index contributed by atoms with van der Waals surface area (Å²) in [5.74, 6) is 1.71. The van der Waals surface area contributed by atoms with Gasteiger partial charge < -0.3 is 14.8 Å². The lowest BCUT2D eigenvalue weighted by Gasteiger charge is -2.12. The van der Waals surface area contributed by atoms with Crippen molar-refractivity contribution in [2.75, 3.05) is 14.2 Å². The van der Waals surface area contributed by atoms with Gasteiger partial charge in [0, 0.05) is 5.56 Å². The minimum atomic E-state index is 0.153. The lowest BCUT2D eigenvalue weighted by Crippen LogP contribution is -2.25. The summed E-state index contributed by atoms with van der Waals surface area (Å²) in [6.45, 7) is 4.13. The Morgan fingerprint density at radius 1 is 1.40 bits per heavy atom. The SMILES string of the molecule is CNC1c2cc(C)cc(OC)c2OC1C. The molecule has 82 valence electrons. The van der Waals surface area contributed by atoms with Gasteiger partial charge in [-0.1, -0.05) is 6.07 Å². The zero-order chi connectivity index (χ0) is 11.0. The Bertz CT molecular complexity index is 376. The van der Waals surface area contributed by atoms with Gasteiger partial charge in [-0.3, -0.25) is 0 Å². The molecule has 0 amide bonds. The van der Waals surface area contributed by atoms with E-state index < -0.39 is 0 Å². The summed E-state index contributed by atoms with van der Waals surface area (Å²) in [5.41, 5.74) is 2.39. The number of rotatable bonds is 2. The zero-order valence-electron chi connectivity index (χ0n) is 9.63. The van der Waals surface area contributed by atoms with Gasteiger partial charge in [0.05, 0.1) is 13.2 Å². The molecule has 0 fully saturated rings. The van der Waals surface area contributed by atoms with Crippen LogP contribution in [0.3, 0.4) is 0 Å². The molecule has 0 spiro atoms. The molecule has 1 aliphatic rings. The Hall–Kier alpha value is -1.22. The molecule has 3 nitrogen and oxygen atoms in total. The summed E-state index contributed by atoms with van der Waals surface area (Å²) in [7, 11) is 3.63. The number of benzene rings is 1. The molecule has 2 atom stereocenters. The molecule has 0 aromatic heterocycles. The minimum Gasteiger partial charge on any atom is -0.493 e. The van der Waals surface area contributed by atoms with Gasteiger partial charge in [0.2, 0.25) is 0 Å². The summed E-state index contributed by atoms with van der Waals surface area (Å²) in [6, 6.07) is 4.42. The van der Waals surface area contributed by atoms with Gasteiger partial charge in [-0.2, -0.15) is 0 Å². The van der Waals surface area contributed by atoms with Crippen LogP contribution in [0.5, 0.6) is 11.5 Å². The van der Waals surface area contributed by atoms with Crippen molar-refractivity contribution in [2.45, 2.75) is 26.0 Å². The first kappa shape index (κ1) is 10.3. The zero-order valence-corrected chi connectivity index (χ0v) is 9.63. The highest BCUT2D eigenvalue weighted by molar-refractivity contribution is 5.53. The molecule has 1 heterocycles. The molecule has 3 heteroatoms. The van der Waals surface area contributed by atoms with Gasteiger partial charge in [-0.25, -0.2) is 0 Å². The molecule has 0 bridgehead atoms. The molecule has 2 unspecified atom stereocenters. The highest BCUT2D eigenvalue weighted by atomic mass is 16.5. The maximum absolute atomic E-state index is 5.80. The second-order valence-corrected chi connectivity index (χ2v) is 3.97. The first-order valence-corrected chi connectivity index (χ1v) is 5.19. The molecule has 0 aliphatic carbocycles. The number of ether oxygens (including phenoxy) is 2. The van der Waals surface area contributed by atoms with Crippen molar-refractivity contribution < 1.29 is 9.47 Å². The Kier molecular flexibility index (Phi) is 2.57. The van der Waals surface area contributed by atoms with Crippen LogP contribution >= 0.6 is 0 Å². The fourth-order valence-corrected chi connectivity index (χ4v) is 2.17. The number of nitrogens with one attached hydrogen (secondary N) is 1. The number of hydrogen-bond acceptors (Lipinski definition) is 3. The maximum Gasteiger partial charge on any atom is 0.166 e. The number of aryl methyl sites for hydroxylation is 1. The predicted octanol–water partition coefficient (Wildman–Crippen LogP) is 2.05. The highest BCUT2D eigenvalue weighted by Gasteiger charge is 2.32. The van der Waals surface area contributed by atoms with Crippen molar-refractivity contribution in [2.24, 2.45) is 0 Å². The van der Waals surface area contributed by atoms with Crippen molar-refractivity contribution in [1.29, 1.82) is 0 Å². The Balaban J connectivity index is 2.52. The van der Waals surface area contributed by atoms with Gasteiger partial charge >= 0.3 is 0 Å². The summed E-state index contributed by atoms with van der Waals surface area (Å²) < 4.78 is 11.1. The van der Waals surface area contributed by atoms with Crippen molar-refractivity contribution in [3.05, 3.63) is 23.3 Å². The third kappa shape index (κ3) is 1.57. The van der Waals surface area contributed by atoms with E-state index in [0.29, 0.717) is 0 Å². The van der Waals surface area contributed by atoms with Crippen LogP contribution in [0.1, 0.15) is 24.1 Å². The van der Waals surface area contributed by atoms with Crippen LogP contribution in [0.15, 0.2) is 12.1 Å². The Morgan fingerprint density at radius 2 is 2.13 bits per heavy atom. The van der Waals surface area contributed by atoms with Crippen LogP contribution in [0.25, 0.3) is 0 Å². The molecule has 1 aromatic carbocycles. The number of likely N-dealkylation sites (N-methyl/N-ethyl adjacent to an activating group) is 1. The first-order valence-electron chi connectivity index (χ1n) is 5.19. The standard InChI is InChI=1S/C12H17NO2/c1-7-5-9-11(13-3)8(2)15-12(9)10(6-7)14-4/h5-6,8,11,13H,1-4H3. The lowest BCUT2D eigenvalue weighted by molar-refractivity contribution is 0.207. The van der Waals surface area contributed by atoms with Gasteiger partial charge in [-0.15, -0.1) is 0 Å². The number of hydrogen-bond donors (Lipinski definition) is 1. The van der Waals surface area contributed by atoms with Crippen molar-refractivity contribution >= 4 is 0 Å². The van der Waals surface area contributed by atoms with Crippen LogP contribution in [0.2, 0.25) is 0 Å². The molecule has 1 N–H and O–H groups in total. The molecule has 2 rings (SSSR count). The van der Waals surface area contributed by atoms with Gasteiger partial charge in [0.1, 0.15) is 6.10 Å². The molecule has 0 saturated heterocycles. The van der Waals surface area contributed by atoms with E-state index in [0.717, 1.165) is 11.5 Å². The Labute approximate surface area is 90.4 Å². The van der Waals surface area contributed by atoms with Crippen LogP contribution in [0, 0.1) is 6.92 Å². The summed E-state index contributed by atoms with van der Waals surface area (Å²) >= 11 is 0. The third-order valence-corrected chi connectivity index (χ3v) is 2.87. The monoisotopic (exact) mass is 207 g/mol. The van der Waals surface area contributed by atoms with Crippen molar-refractivity contribution in [1.82, 2.24) is 5.32 Å². The van der Waals surface area contributed by atoms with Gasteiger partial charge in [0.15, 0.2) is 11.5 Å². The van der Waals surface area contributed by atoms with E-state index in [1.54, 1.807) is 7.11 Å². The minimum absolute atomic E-state index is 0.153. The van der Waals surface area contributed by atoms with Crippen LogP contribution < -0.4 is 14.8 Å². The van der Waals surface area contributed by atoms with E-state index in [1.807, 2.05) is 13.1 Å². The second kappa shape index (κ2) is 3.74. The quantitative estimate of drug-likeness (QED) is 0.805. The average molecular weight is 207 g/mol. The van der Waals surface area contributed by atoms with Crippen LogP contribution in [-0.4, -0.2) is 20.3 Å². The topological polar surface area (TPSA) is 30.5 Å². The van der Waals surface area contributed by atoms with Gasteiger partial charge in [-0.05, 0) is 32.5 Å². The predicted molar refractivity (Wildman–Crippen MR) is 59.6 cm³/mol. The lowest BCUT2D eigenvalue weighted by atomic mass is 10.0. The molecule has 1 aliphatic heterocycles. The van der Waals surface area contributed by atoms with Crippen LogP contribution in [0.4, 0.5) is 0 Å². The first-order chi connectivity index (χ1) is 7.17. The van der Waals surface area contributed by atoms with E-state index in [9.17, 15) is 0 Å². The fraction of sp³-hybridized carbons (Fsp3) is 0.500. The fourth-order valence-electron chi connectivity index (χ4n) is 2.17. The number of methoxy groups -OCH3 is 1. The normalized spacial score (nSPS) is 23.5. The van der Waals surface area contributed by atoms with E-state index in [2.05, 4.69) is 25.2 Å². The molecule has 1 aromatic rings. The molecular weight excluding hydrogens is 190 g/mol. The largest absolute Gasteiger partial charge is 0.493 e. The molecule has 0 saturated carbocycles. The van der Waals surface area contributed by atoms with E-state index in [-0.39, 0.29) is 12.1 Å². The Morgan fingerprint density at radius 3 is 2.73 bits per heavy atom. The maximum atomic E-state index is 5.80. The van der Waals surface area contributed by atoms with Crippen molar-refractivity contribution in [3.8, 4) is 11.5 Å². The van der Waals surface area contributed by atoms with E-state index >= 15 is 0 Å². The van der Waals surface area contributed by atoms with Crippen LogP contribution in [-0.2, 0) is 0 Å². The molecule has 15 heavy (non-hydrogen) atoms. The highest BCUT2D eigenvalue weighted by Crippen LogP contribution is 2.43. The second-order valence-electron chi connectivity index (χ2n) is 3.97. The average Bonchev–Trinajstić information content (AvgIpc) is 2.52. The van der Waals surface area contributed by atoms with Gasteiger partial charge in [0.25, 0.3) is 0 Å². The molecular formula is C12H17NO2. The van der Waals surface area contributed by atoms with E-state index in [1.165, 1.54) is 11.1 Å². The summed E-state index contributed by atoms with van der Waals surface area (Å²) in [5, 5.41) is 3.27. The third-order valence-electron chi connectivity index (χ3n) is 2.87. The number of fused-ring (bicyclic) bond motifs is 1. The van der Waals surface area contributed by atoms with E-state index in [4.69, 9.17) is 9.47 Å². The summed E-state index contributed by atoms with van der Waals surface area (Å²) in [4.78, 5) is 0. The van der Waals surface area contributed by atoms with Crippen molar-refractivity contribution in [3.63, 3.8) is 0 Å². The smallest absolute Gasteiger partial charge is 0.166 e.